The van der Waals surface area contributed by atoms with E-state index >= 15 is 0 Å². The molecule has 2 aliphatic rings. The summed E-state index contributed by atoms with van der Waals surface area (Å²) in [5.74, 6) is 0.925. The average molecular weight is 393 g/mol. The Morgan fingerprint density at radius 2 is 1.93 bits per heavy atom. The summed E-state index contributed by atoms with van der Waals surface area (Å²) in [5, 5.41) is 11.4. The Kier molecular flexibility index (Phi) is 5.85. The van der Waals surface area contributed by atoms with E-state index in [1.807, 2.05) is 18.2 Å². The van der Waals surface area contributed by atoms with Gasteiger partial charge in [0.15, 0.2) is 5.69 Å². The lowest BCUT2D eigenvalue weighted by Gasteiger charge is -2.25. The normalized spacial score (nSPS) is 22.4. The zero-order chi connectivity index (χ0) is 20.2. The lowest BCUT2D eigenvalue weighted by Crippen LogP contribution is -2.31. The topological polar surface area (TPSA) is 120 Å². The number of hydrogen-bond acceptors (Lipinski definition) is 6. The number of pyridine rings is 1. The molecule has 0 radical (unpaired) electrons. The maximum Gasteiger partial charge on any atom is 0.271 e. The summed E-state index contributed by atoms with van der Waals surface area (Å²) in [6.45, 7) is 0. The van der Waals surface area contributed by atoms with Crippen LogP contribution in [-0.4, -0.2) is 27.1 Å². The van der Waals surface area contributed by atoms with Crippen molar-refractivity contribution in [1.82, 2.24) is 15.2 Å². The minimum Gasteiger partial charge on any atom is -0.364 e. The third kappa shape index (κ3) is 4.62. The predicted molar refractivity (Wildman–Crippen MR) is 114 cm³/mol. The molecule has 5 N–H and O–H groups in total. The van der Waals surface area contributed by atoms with E-state index in [4.69, 9.17) is 16.5 Å². The Balaban J connectivity index is 1.56. The molecule has 2 unspecified atom stereocenters. The highest BCUT2D eigenvalue weighted by Crippen LogP contribution is 2.35. The summed E-state index contributed by atoms with van der Waals surface area (Å²) in [5.41, 5.74) is 14.1. The number of aromatic nitrogens is 3. The Morgan fingerprint density at radius 1 is 1.10 bits per heavy atom. The van der Waals surface area contributed by atoms with Gasteiger partial charge in [-0.05, 0) is 55.9 Å². The number of nitrogens with two attached hydrogens (primary N) is 2. The highest BCUT2D eigenvalue weighted by Gasteiger charge is 2.21. The Morgan fingerprint density at radius 3 is 2.66 bits per heavy atom. The zero-order valence-corrected chi connectivity index (χ0v) is 16.6. The van der Waals surface area contributed by atoms with Crippen LogP contribution in [0.1, 0.15) is 72.7 Å². The van der Waals surface area contributed by atoms with E-state index < -0.39 is 5.91 Å². The molecule has 2 fully saturated rings. The van der Waals surface area contributed by atoms with Gasteiger partial charge in [0.1, 0.15) is 5.82 Å². The summed E-state index contributed by atoms with van der Waals surface area (Å²) >= 11 is 0. The first kappa shape index (κ1) is 19.5. The van der Waals surface area contributed by atoms with Crippen molar-refractivity contribution in [3.63, 3.8) is 0 Å². The second-order valence-electron chi connectivity index (χ2n) is 8.07. The molecule has 0 bridgehead atoms. The van der Waals surface area contributed by atoms with Crippen LogP contribution in [-0.2, 0) is 0 Å². The van der Waals surface area contributed by atoms with Gasteiger partial charge in [0.25, 0.3) is 5.91 Å². The van der Waals surface area contributed by atoms with Gasteiger partial charge in [-0.2, -0.15) is 5.10 Å². The minimum absolute atomic E-state index is 0.104. The SMILES string of the molecule is NC(=O)c1nnc(C=CC2CCCCC2N)cc1Nc1cccc(C2CCC2)n1. The van der Waals surface area contributed by atoms with Gasteiger partial charge in [0.2, 0.25) is 0 Å². The van der Waals surface area contributed by atoms with E-state index in [1.54, 1.807) is 6.07 Å². The number of rotatable bonds is 6. The van der Waals surface area contributed by atoms with Crippen LogP contribution >= 0.6 is 0 Å². The van der Waals surface area contributed by atoms with Crippen LogP contribution in [0.15, 0.2) is 30.3 Å². The number of anilines is 2. The van der Waals surface area contributed by atoms with Crippen LogP contribution in [0, 0.1) is 5.92 Å². The Hall–Kier alpha value is -2.80. The molecule has 0 aromatic carbocycles. The number of hydrogen-bond donors (Lipinski definition) is 3. The van der Waals surface area contributed by atoms with Gasteiger partial charge >= 0.3 is 0 Å². The number of carbonyl (C=O) groups excluding carboxylic acids is 1. The summed E-state index contributed by atoms with van der Waals surface area (Å²) < 4.78 is 0. The first-order chi connectivity index (χ1) is 14.1. The molecular weight excluding hydrogens is 364 g/mol. The molecule has 2 heterocycles. The molecule has 152 valence electrons. The molecule has 0 saturated heterocycles. The fourth-order valence-electron chi connectivity index (χ4n) is 4.01. The van der Waals surface area contributed by atoms with Crippen molar-refractivity contribution in [2.75, 3.05) is 5.32 Å². The molecular formula is C22H28N6O. The van der Waals surface area contributed by atoms with E-state index in [1.165, 1.54) is 32.1 Å². The van der Waals surface area contributed by atoms with Crippen LogP contribution in [0.4, 0.5) is 11.5 Å². The summed E-state index contributed by atoms with van der Waals surface area (Å²) in [6, 6.07) is 7.89. The monoisotopic (exact) mass is 392 g/mol. The van der Waals surface area contributed by atoms with Crippen LogP contribution in [0.2, 0.25) is 0 Å². The van der Waals surface area contributed by atoms with Gasteiger partial charge in [-0.1, -0.05) is 31.4 Å². The second-order valence-corrected chi connectivity index (χ2v) is 8.07. The van der Waals surface area contributed by atoms with Crippen molar-refractivity contribution >= 4 is 23.5 Å². The van der Waals surface area contributed by atoms with E-state index in [9.17, 15) is 4.79 Å². The fraction of sp³-hybridized carbons (Fsp3) is 0.455. The molecule has 2 saturated carbocycles. The van der Waals surface area contributed by atoms with Gasteiger partial charge in [-0.25, -0.2) is 4.98 Å². The van der Waals surface area contributed by atoms with Crippen molar-refractivity contribution in [3.05, 3.63) is 47.4 Å². The van der Waals surface area contributed by atoms with Crippen molar-refractivity contribution in [3.8, 4) is 0 Å². The molecule has 7 heteroatoms. The molecule has 2 aliphatic carbocycles. The Bertz CT molecular complexity index is 908. The third-order valence-corrected chi connectivity index (χ3v) is 5.99. The molecule has 0 aliphatic heterocycles. The predicted octanol–water partition coefficient (Wildman–Crippen LogP) is 3.51. The highest BCUT2D eigenvalue weighted by molar-refractivity contribution is 5.97. The molecule has 1 amide bonds. The third-order valence-electron chi connectivity index (χ3n) is 5.99. The molecule has 29 heavy (non-hydrogen) atoms. The van der Waals surface area contributed by atoms with E-state index in [-0.39, 0.29) is 11.7 Å². The molecule has 2 atom stereocenters. The van der Waals surface area contributed by atoms with Gasteiger partial charge in [0, 0.05) is 17.7 Å². The largest absolute Gasteiger partial charge is 0.364 e. The summed E-state index contributed by atoms with van der Waals surface area (Å²) in [4.78, 5) is 16.5. The zero-order valence-electron chi connectivity index (χ0n) is 16.6. The lowest BCUT2D eigenvalue weighted by atomic mass is 9.83. The van der Waals surface area contributed by atoms with Crippen molar-refractivity contribution in [2.24, 2.45) is 17.4 Å². The number of amides is 1. The number of primary amides is 1. The molecule has 7 nitrogen and oxygen atoms in total. The van der Waals surface area contributed by atoms with Crippen molar-refractivity contribution in [2.45, 2.75) is 56.9 Å². The first-order valence-electron chi connectivity index (χ1n) is 10.5. The first-order valence-corrected chi connectivity index (χ1v) is 10.5. The average Bonchev–Trinajstić information content (AvgIpc) is 2.66. The van der Waals surface area contributed by atoms with Crippen molar-refractivity contribution in [1.29, 1.82) is 0 Å². The summed E-state index contributed by atoms with van der Waals surface area (Å²) in [7, 11) is 0. The van der Waals surface area contributed by atoms with Gasteiger partial charge < -0.3 is 16.8 Å². The summed E-state index contributed by atoms with van der Waals surface area (Å²) in [6.07, 6.45) is 12.2. The number of carbonyl (C=O) groups is 1. The fourth-order valence-corrected chi connectivity index (χ4v) is 4.01. The van der Waals surface area contributed by atoms with Crippen LogP contribution in [0.5, 0.6) is 0 Å². The van der Waals surface area contributed by atoms with Gasteiger partial charge in [0.05, 0.1) is 11.4 Å². The standard InChI is InChI=1S/C22H28N6O/c23-17-8-2-1-5-14(17)11-12-16-13-19(21(22(24)29)28-27-16)26-20-10-4-9-18(25-20)15-6-3-7-15/h4,9-15,17H,1-3,5-8,23H2,(H2,24,29)(H,25,26,27). The minimum atomic E-state index is -0.625. The molecule has 2 aromatic rings. The van der Waals surface area contributed by atoms with E-state index in [0.29, 0.717) is 29.0 Å². The van der Waals surface area contributed by atoms with Crippen molar-refractivity contribution < 1.29 is 4.79 Å². The highest BCUT2D eigenvalue weighted by atomic mass is 16.1. The second kappa shape index (κ2) is 8.69. The maximum absolute atomic E-state index is 11.8. The van der Waals surface area contributed by atoms with Crippen LogP contribution < -0.4 is 16.8 Å². The quantitative estimate of drug-likeness (QED) is 0.692. The van der Waals surface area contributed by atoms with Crippen LogP contribution in [0.3, 0.4) is 0 Å². The number of nitrogens with zero attached hydrogens (tertiary/aromatic N) is 3. The van der Waals surface area contributed by atoms with E-state index in [2.05, 4.69) is 27.7 Å². The molecule has 0 spiro atoms. The maximum atomic E-state index is 11.8. The Labute approximate surface area is 171 Å². The molecule has 2 aromatic heterocycles. The van der Waals surface area contributed by atoms with E-state index in [0.717, 1.165) is 18.5 Å². The lowest BCUT2D eigenvalue weighted by molar-refractivity contribution is 0.0995. The van der Waals surface area contributed by atoms with Gasteiger partial charge in [-0.3, -0.25) is 4.79 Å². The van der Waals surface area contributed by atoms with Crippen LogP contribution in [0.25, 0.3) is 6.08 Å². The molecule has 4 rings (SSSR count). The van der Waals surface area contributed by atoms with Gasteiger partial charge in [-0.15, -0.1) is 5.10 Å². The smallest absolute Gasteiger partial charge is 0.271 e. The number of nitrogens with one attached hydrogen (secondary N) is 1.